The Labute approximate surface area is 115 Å². The monoisotopic (exact) mass is 265 g/mol. The number of halogens is 1. The third kappa shape index (κ3) is 4.29. The van der Waals surface area contributed by atoms with Crippen LogP contribution in [0.4, 0.5) is 4.39 Å². The van der Waals surface area contributed by atoms with Gasteiger partial charge in [-0.25, -0.2) is 4.39 Å². The summed E-state index contributed by atoms with van der Waals surface area (Å²) in [5.41, 5.74) is 0.775. The third-order valence-corrected chi connectivity index (χ3v) is 4.21. The molecule has 2 N–H and O–H groups in total. The van der Waals surface area contributed by atoms with Crippen LogP contribution in [0.3, 0.4) is 0 Å². The fraction of sp³-hybridized carbons (Fsp3) is 0.625. The number of aliphatic hydroxyl groups excluding tert-OH is 1. The summed E-state index contributed by atoms with van der Waals surface area (Å²) in [6, 6.07) is 6.61. The minimum absolute atomic E-state index is 0.262. The van der Waals surface area contributed by atoms with Crippen LogP contribution in [-0.4, -0.2) is 17.7 Å². The maximum Gasteiger partial charge on any atom is 0.123 e. The molecule has 0 aliphatic heterocycles. The van der Waals surface area contributed by atoms with E-state index in [1.807, 2.05) is 0 Å². The van der Waals surface area contributed by atoms with Crippen LogP contribution >= 0.6 is 0 Å². The van der Waals surface area contributed by atoms with Crippen LogP contribution in [0.15, 0.2) is 24.3 Å². The molecule has 1 aliphatic carbocycles. The lowest BCUT2D eigenvalue weighted by Gasteiger charge is -2.30. The summed E-state index contributed by atoms with van der Waals surface area (Å²) in [4.78, 5) is 0. The predicted molar refractivity (Wildman–Crippen MR) is 75.4 cm³/mol. The van der Waals surface area contributed by atoms with Gasteiger partial charge in [-0.05, 0) is 36.5 Å². The van der Waals surface area contributed by atoms with Gasteiger partial charge in [-0.2, -0.15) is 0 Å². The molecule has 2 rings (SSSR count). The molecule has 0 saturated heterocycles. The fourth-order valence-electron chi connectivity index (χ4n) is 2.93. The fourth-order valence-corrected chi connectivity index (χ4v) is 2.93. The van der Waals surface area contributed by atoms with Gasteiger partial charge in [0, 0.05) is 12.6 Å². The first kappa shape index (κ1) is 14.5. The summed E-state index contributed by atoms with van der Waals surface area (Å²) in [6.45, 7) is 2.80. The second-order valence-corrected chi connectivity index (χ2v) is 5.61. The van der Waals surface area contributed by atoms with Gasteiger partial charge < -0.3 is 10.4 Å². The van der Waals surface area contributed by atoms with Crippen LogP contribution in [-0.2, 0) is 0 Å². The van der Waals surface area contributed by atoms with Gasteiger partial charge in [0.1, 0.15) is 5.82 Å². The van der Waals surface area contributed by atoms with Crippen molar-refractivity contribution in [2.45, 2.75) is 51.2 Å². The maximum absolute atomic E-state index is 12.8. The lowest BCUT2D eigenvalue weighted by atomic mass is 9.84. The average molecular weight is 265 g/mol. The second-order valence-electron chi connectivity index (χ2n) is 5.61. The van der Waals surface area contributed by atoms with E-state index in [-0.39, 0.29) is 5.82 Å². The van der Waals surface area contributed by atoms with Gasteiger partial charge in [-0.15, -0.1) is 0 Å². The molecular weight excluding hydrogens is 241 g/mol. The van der Waals surface area contributed by atoms with Gasteiger partial charge in [-0.3, -0.25) is 0 Å². The third-order valence-electron chi connectivity index (χ3n) is 4.21. The molecule has 106 valence electrons. The van der Waals surface area contributed by atoms with Gasteiger partial charge in [-0.1, -0.05) is 38.3 Å². The largest absolute Gasteiger partial charge is 0.387 e. The lowest BCUT2D eigenvalue weighted by molar-refractivity contribution is 0.160. The normalized spacial score (nSPS) is 25.2. The second kappa shape index (κ2) is 7.01. The minimum Gasteiger partial charge on any atom is -0.387 e. The van der Waals surface area contributed by atoms with Crippen molar-refractivity contribution in [2.75, 3.05) is 6.54 Å². The highest BCUT2D eigenvalue weighted by molar-refractivity contribution is 5.18. The Kier molecular flexibility index (Phi) is 5.34. The van der Waals surface area contributed by atoms with Crippen molar-refractivity contribution in [3.63, 3.8) is 0 Å². The van der Waals surface area contributed by atoms with Crippen LogP contribution in [0.5, 0.6) is 0 Å². The minimum atomic E-state index is -0.553. The highest BCUT2D eigenvalue weighted by atomic mass is 19.1. The van der Waals surface area contributed by atoms with Crippen molar-refractivity contribution in [2.24, 2.45) is 5.92 Å². The molecule has 2 nitrogen and oxygen atoms in total. The molecule has 1 saturated carbocycles. The van der Waals surface area contributed by atoms with Crippen LogP contribution in [0.1, 0.15) is 50.7 Å². The first-order valence-corrected chi connectivity index (χ1v) is 7.36. The molecule has 1 aliphatic rings. The van der Waals surface area contributed by atoms with Crippen molar-refractivity contribution in [3.8, 4) is 0 Å². The molecule has 1 fully saturated rings. The van der Waals surface area contributed by atoms with Gasteiger partial charge in [0.15, 0.2) is 0 Å². The van der Waals surface area contributed by atoms with Gasteiger partial charge in [0.05, 0.1) is 6.10 Å². The molecule has 3 atom stereocenters. The predicted octanol–water partition coefficient (Wildman–Crippen LogP) is 3.42. The highest BCUT2D eigenvalue weighted by Crippen LogP contribution is 2.26. The highest BCUT2D eigenvalue weighted by Gasteiger charge is 2.21. The number of rotatable bonds is 5. The Hall–Kier alpha value is -0.930. The zero-order valence-corrected chi connectivity index (χ0v) is 11.6. The Balaban J connectivity index is 1.79. The molecule has 19 heavy (non-hydrogen) atoms. The number of nitrogens with one attached hydrogen (secondary N) is 1. The van der Waals surface area contributed by atoms with Crippen LogP contribution in [0, 0.1) is 11.7 Å². The molecule has 0 spiro atoms. The average Bonchev–Trinajstić information content (AvgIpc) is 2.46. The zero-order chi connectivity index (χ0) is 13.7. The van der Waals surface area contributed by atoms with E-state index in [9.17, 15) is 9.50 Å². The van der Waals surface area contributed by atoms with E-state index in [1.165, 1.54) is 44.2 Å². The Morgan fingerprint density at radius 2 is 2.05 bits per heavy atom. The van der Waals surface area contributed by atoms with Gasteiger partial charge in [0.25, 0.3) is 0 Å². The molecular formula is C16H24FNO. The summed E-state index contributed by atoms with van der Waals surface area (Å²) >= 11 is 0. The summed E-state index contributed by atoms with van der Waals surface area (Å²) in [5, 5.41) is 13.5. The number of benzene rings is 1. The van der Waals surface area contributed by atoms with Crippen molar-refractivity contribution in [1.82, 2.24) is 5.32 Å². The topological polar surface area (TPSA) is 32.3 Å². The Morgan fingerprint density at radius 3 is 2.74 bits per heavy atom. The maximum atomic E-state index is 12.8. The summed E-state index contributed by atoms with van der Waals surface area (Å²) in [7, 11) is 0. The quantitative estimate of drug-likeness (QED) is 0.855. The van der Waals surface area contributed by atoms with E-state index in [1.54, 1.807) is 12.1 Å². The van der Waals surface area contributed by atoms with E-state index in [0.717, 1.165) is 11.5 Å². The van der Waals surface area contributed by atoms with Crippen LogP contribution in [0.2, 0.25) is 0 Å². The Morgan fingerprint density at radius 1 is 1.32 bits per heavy atom. The standard InChI is InChI=1S/C16H24FNO/c1-2-12-4-3-5-15(10-12)18-11-16(19)13-6-8-14(17)9-7-13/h6-9,12,15-16,18-19H,2-5,10-11H2,1H3. The molecule has 0 radical (unpaired) electrons. The van der Waals surface area contributed by atoms with Gasteiger partial charge >= 0.3 is 0 Å². The molecule has 0 bridgehead atoms. The molecule has 1 aromatic rings. The molecule has 3 heteroatoms. The molecule has 3 unspecified atom stereocenters. The van der Waals surface area contributed by atoms with Crippen molar-refractivity contribution < 1.29 is 9.50 Å². The number of hydrogen-bond donors (Lipinski definition) is 2. The number of aliphatic hydroxyl groups is 1. The molecule has 0 heterocycles. The molecule has 0 amide bonds. The summed E-state index contributed by atoms with van der Waals surface area (Å²) < 4.78 is 12.8. The summed E-state index contributed by atoms with van der Waals surface area (Å²) in [5.74, 6) is 0.566. The number of hydrogen-bond acceptors (Lipinski definition) is 2. The smallest absolute Gasteiger partial charge is 0.123 e. The van der Waals surface area contributed by atoms with Crippen molar-refractivity contribution in [3.05, 3.63) is 35.6 Å². The zero-order valence-electron chi connectivity index (χ0n) is 11.6. The SMILES string of the molecule is CCC1CCCC(NCC(O)c2ccc(F)cc2)C1. The summed E-state index contributed by atoms with van der Waals surface area (Å²) in [6.07, 6.45) is 5.73. The van der Waals surface area contributed by atoms with Gasteiger partial charge in [0.2, 0.25) is 0 Å². The van der Waals surface area contributed by atoms with Crippen molar-refractivity contribution >= 4 is 0 Å². The van der Waals surface area contributed by atoms with E-state index in [4.69, 9.17) is 0 Å². The van der Waals surface area contributed by atoms with Crippen LogP contribution < -0.4 is 5.32 Å². The van der Waals surface area contributed by atoms with E-state index in [0.29, 0.717) is 12.6 Å². The Bertz CT molecular complexity index is 379. The lowest BCUT2D eigenvalue weighted by Crippen LogP contribution is -2.36. The van der Waals surface area contributed by atoms with Crippen LogP contribution in [0.25, 0.3) is 0 Å². The van der Waals surface area contributed by atoms with E-state index in [2.05, 4.69) is 12.2 Å². The first-order chi connectivity index (χ1) is 9.19. The van der Waals surface area contributed by atoms with E-state index >= 15 is 0 Å². The van der Waals surface area contributed by atoms with Crippen molar-refractivity contribution in [1.29, 1.82) is 0 Å². The molecule has 1 aromatic carbocycles. The van der Waals surface area contributed by atoms with E-state index < -0.39 is 6.10 Å². The molecule has 0 aromatic heterocycles. The first-order valence-electron chi connectivity index (χ1n) is 7.36.